The second-order valence-electron chi connectivity index (χ2n) is 6.88. The van der Waals surface area contributed by atoms with Gasteiger partial charge in [0.05, 0.1) is 18.6 Å². The minimum Gasteiger partial charge on any atom is -0.497 e. The highest BCUT2D eigenvalue weighted by atomic mass is 32.2. The third kappa shape index (κ3) is 5.07. The van der Waals surface area contributed by atoms with E-state index >= 15 is 0 Å². The van der Waals surface area contributed by atoms with Crippen LogP contribution >= 0.6 is 11.8 Å². The third-order valence-electron chi connectivity index (χ3n) is 4.65. The van der Waals surface area contributed by atoms with Crippen molar-refractivity contribution in [3.8, 4) is 5.75 Å². The number of carbonyl (C=O) groups is 2. The van der Waals surface area contributed by atoms with Gasteiger partial charge in [-0.05, 0) is 48.0 Å². The maximum atomic E-state index is 13.1. The van der Waals surface area contributed by atoms with Crippen LogP contribution in [0, 0.1) is 0 Å². The van der Waals surface area contributed by atoms with Crippen molar-refractivity contribution in [1.29, 1.82) is 0 Å². The number of carbonyl (C=O) groups excluding carboxylic acids is 2. The molecule has 160 valence electrons. The molecule has 7 heteroatoms. The van der Waals surface area contributed by atoms with Crippen LogP contribution in [0.2, 0.25) is 0 Å². The van der Waals surface area contributed by atoms with Gasteiger partial charge in [-0.2, -0.15) is 0 Å². The molecule has 0 atom stereocenters. The van der Waals surface area contributed by atoms with E-state index in [1.807, 2.05) is 60.7 Å². The number of anilines is 2. The van der Waals surface area contributed by atoms with E-state index in [1.54, 1.807) is 42.4 Å². The SMILES string of the molecule is COc1ccc(NC(=O)CSC2=NC(=Cc3ccccc3)C(=O)N2c2ccccc2)cc1. The standard InChI is InChI=1S/C25H21N3O3S/c1-31-21-14-12-19(13-15-21)26-23(29)17-32-25-27-22(16-18-8-4-2-5-9-18)24(30)28(25)20-10-6-3-7-11-20/h2-16H,17H2,1H3,(H,26,29). The lowest BCUT2D eigenvalue weighted by Crippen LogP contribution is -2.31. The average molecular weight is 444 g/mol. The molecule has 3 aromatic carbocycles. The highest BCUT2D eigenvalue weighted by molar-refractivity contribution is 8.14. The van der Waals surface area contributed by atoms with Gasteiger partial charge in [0.25, 0.3) is 5.91 Å². The van der Waals surface area contributed by atoms with Crippen LogP contribution < -0.4 is 15.0 Å². The molecule has 4 rings (SSSR count). The van der Waals surface area contributed by atoms with Crippen LogP contribution in [-0.4, -0.2) is 29.8 Å². The molecule has 1 aliphatic rings. The predicted octanol–water partition coefficient (Wildman–Crippen LogP) is 4.81. The zero-order valence-electron chi connectivity index (χ0n) is 17.4. The summed E-state index contributed by atoms with van der Waals surface area (Å²) in [7, 11) is 1.59. The molecule has 0 spiro atoms. The summed E-state index contributed by atoms with van der Waals surface area (Å²) in [4.78, 5) is 31.7. The van der Waals surface area contributed by atoms with Gasteiger partial charge in [-0.1, -0.05) is 60.3 Å². The number of amidine groups is 1. The Morgan fingerprint density at radius 2 is 1.66 bits per heavy atom. The van der Waals surface area contributed by atoms with Crippen molar-refractivity contribution in [2.45, 2.75) is 0 Å². The largest absolute Gasteiger partial charge is 0.497 e. The van der Waals surface area contributed by atoms with Gasteiger partial charge >= 0.3 is 0 Å². The normalized spacial score (nSPS) is 14.4. The van der Waals surface area contributed by atoms with E-state index in [1.165, 1.54) is 11.8 Å². The van der Waals surface area contributed by atoms with Gasteiger partial charge in [-0.25, -0.2) is 4.99 Å². The Bertz CT molecular complexity index is 1160. The fourth-order valence-electron chi connectivity index (χ4n) is 3.11. The van der Waals surface area contributed by atoms with Crippen LogP contribution in [0.4, 0.5) is 11.4 Å². The molecule has 0 saturated carbocycles. The molecule has 32 heavy (non-hydrogen) atoms. The Hall–Kier alpha value is -3.84. The van der Waals surface area contributed by atoms with Gasteiger partial charge in [0, 0.05) is 5.69 Å². The molecule has 0 radical (unpaired) electrons. The van der Waals surface area contributed by atoms with Crippen LogP contribution in [0.5, 0.6) is 5.75 Å². The highest BCUT2D eigenvalue weighted by Crippen LogP contribution is 2.29. The van der Waals surface area contributed by atoms with E-state index in [9.17, 15) is 9.59 Å². The number of aliphatic imine (C=N–C) groups is 1. The Balaban J connectivity index is 1.51. The van der Waals surface area contributed by atoms with Crippen molar-refractivity contribution in [1.82, 2.24) is 0 Å². The molecule has 0 saturated heterocycles. The van der Waals surface area contributed by atoms with Gasteiger partial charge in [-0.3, -0.25) is 14.5 Å². The number of nitrogens with zero attached hydrogens (tertiary/aromatic N) is 2. The van der Waals surface area contributed by atoms with E-state index in [0.29, 0.717) is 28.0 Å². The van der Waals surface area contributed by atoms with Gasteiger partial charge < -0.3 is 10.1 Å². The first kappa shape index (κ1) is 21.4. The van der Waals surface area contributed by atoms with Gasteiger partial charge in [0.1, 0.15) is 11.4 Å². The maximum Gasteiger partial charge on any atom is 0.283 e. The second-order valence-corrected chi connectivity index (χ2v) is 7.82. The number of thioether (sulfide) groups is 1. The van der Waals surface area contributed by atoms with Gasteiger partial charge in [-0.15, -0.1) is 0 Å². The summed E-state index contributed by atoms with van der Waals surface area (Å²) in [5.74, 6) is 0.412. The minimum atomic E-state index is -0.224. The van der Waals surface area contributed by atoms with Crippen LogP contribution in [0.1, 0.15) is 5.56 Å². The van der Waals surface area contributed by atoms with E-state index in [0.717, 1.165) is 5.56 Å². The smallest absolute Gasteiger partial charge is 0.283 e. The maximum absolute atomic E-state index is 13.1. The Labute approximate surface area is 190 Å². The summed E-state index contributed by atoms with van der Waals surface area (Å²) < 4.78 is 5.13. The Kier molecular flexibility index (Phi) is 6.67. The lowest BCUT2D eigenvalue weighted by atomic mass is 10.2. The molecular weight excluding hydrogens is 422 g/mol. The van der Waals surface area contributed by atoms with Crippen LogP contribution in [-0.2, 0) is 9.59 Å². The van der Waals surface area contributed by atoms with Gasteiger partial charge in [0.2, 0.25) is 5.91 Å². The number of methoxy groups -OCH3 is 1. The fraction of sp³-hybridized carbons (Fsp3) is 0.0800. The summed E-state index contributed by atoms with van der Waals surface area (Å²) in [6.45, 7) is 0. The molecular formula is C25H21N3O3S. The molecule has 6 nitrogen and oxygen atoms in total. The van der Waals surface area contributed by atoms with E-state index in [2.05, 4.69) is 10.3 Å². The van der Waals surface area contributed by atoms with E-state index in [4.69, 9.17) is 4.74 Å². The number of hydrogen-bond acceptors (Lipinski definition) is 5. The van der Waals surface area contributed by atoms with Crippen molar-refractivity contribution in [2.24, 2.45) is 4.99 Å². The zero-order valence-corrected chi connectivity index (χ0v) is 18.2. The molecule has 0 fully saturated rings. The summed E-state index contributed by atoms with van der Waals surface area (Å²) in [5.41, 5.74) is 2.59. The summed E-state index contributed by atoms with van der Waals surface area (Å²) in [6, 6.07) is 26.0. The van der Waals surface area contributed by atoms with Crippen molar-refractivity contribution in [3.05, 3.63) is 96.2 Å². The summed E-state index contributed by atoms with van der Waals surface area (Å²) in [5, 5.41) is 3.31. The molecule has 0 aromatic heterocycles. The summed E-state index contributed by atoms with van der Waals surface area (Å²) in [6.07, 6.45) is 1.75. The number of rotatable bonds is 6. The molecule has 3 aromatic rings. The zero-order chi connectivity index (χ0) is 22.3. The van der Waals surface area contributed by atoms with Crippen molar-refractivity contribution < 1.29 is 14.3 Å². The van der Waals surface area contributed by atoms with Crippen LogP contribution in [0.15, 0.2) is 95.6 Å². The fourth-order valence-corrected chi connectivity index (χ4v) is 3.92. The number of benzene rings is 3. The quantitative estimate of drug-likeness (QED) is 0.555. The minimum absolute atomic E-state index is 0.111. The topological polar surface area (TPSA) is 71.0 Å². The number of amides is 2. The monoisotopic (exact) mass is 443 g/mol. The molecule has 0 unspecified atom stereocenters. The average Bonchev–Trinajstić information content (AvgIpc) is 3.14. The van der Waals surface area contributed by atoms with Gasteiger partial charge in [0.15, 0.2) is 5.17 Å². The first-order chi connectivity index (χ1) is 15.6. The number of hydrogen-bond donors (Lipinski definition) is 1. The molecule has 1 N–H and O–H groups in total. The lowest BCUT2D eigenvalue weighted by Gasteiger charge is -2.17. The molecule has 1 heterocycles. The third-order valence-corrected chi connectivity index (χ3v) is 5.59. The number of para-hydroxylation sites is 1. The first-order valence-electron chi connectivity index (χ1n) is 9.96. The van der Waals surface area contributed by atoms with Crippen molar-refractivity contribution >= 4 is 46.2 Å². The van der Waals surface area contributed by atoms with E-state index in [-0.39, 0.29) is 17.6 Å². The Morgan fingerprint density at radius 3 is 2.31 bits per heavy atom. The van der Waals surface area contributed by atoms with Crippen molar-refractivity contribution in [3.63, 3.8) is 0 Å². The summed E-state index contributed by atoms with van der Waals surface area (Å²) >= 11 is 1.22. The van der Waals surface area contributed by atoms with Crippen LogP contribution in [0.25, 0.3) is 6.08 Å². The highest BCUT2D eigenvalue weighted by Gasteiger charge is 2.32. The number of nitrogens with one attached hydrogen (secondary N) is 1. The number of ether oxygens (including phenoxy) is 1. The molecule has 2 amide bonds. The lowest BCUT2D eigenvalue weighted by molar-refractivity contribution is -0.114. The first-order valence-corrected chi connectivity index (χ1v) is 10.9. The molecule has 1 aliphatic heterocycles. The van der Waals surface area contributed by atoms with Crippen LogP contribution in [0.3, 0.4) is 0 Å². The van der Waals surface area contributed by atoms with E-state index < -0.39 is 0 Å². The Morgan fingerprint density at radius 1 is 1.00 bits per heavy atom. The molecule has 0 bridgehead atoms. The predicted molar refractivity (Wildman–Crippen MR) is 130 cm³/mol. The second kappa shape index (κ2) is 9.98. The van der Waals surface area contributed by atoms with Crippen molar-refractivity contribution in [2.75, 3.05) is 23.1 Å². The molecule has 0 aliphatic carbocycles.